The van der Waals surface area contributed by atoms with Gasteiger partial charge in [-0.15, -0.1) is 0 Å². The molecule has 0 spiro atoms. The monoisotopic (exact) mass is 1200 g/mol. The van der Waals surface area contributed by atoms with E-state index < -0.39 is 97.5 Å². The third-order valence-electron chi connectivity index (χ3n) is 14.3. The normalized spacial score (nSPS) is 14.3. The van der Waals surface area contributed by atoms with Crippen molar-refractivity contribution in [2.24, 2.45) is 5.92 Å². The van der Waals surface area contributed by atoms with Gasteiger partial charge in [-0.3, -0.25) is 37.3 Å². The molecule has 0 saturated carbocycles. The van der Waals surface area contributed by atoms with Crippen molar-refractivity contribution in [3.05, 3.63) is 0 Å². The molecule has 0 saturated heterocycles. The highest BCUT2D eigenvalue weighted by atomic mass is 31.2. The summed E-state index contributed by atoms with van der Waals surface area (Å²) < 4.78 is 67.7. The van der Waals surface area contributed by atoms with Crippen molar-refractivity contribution in [3.63, 3.8) is 0 Å². The zero-order chi connectivity index (χ0) is 59.9. The van der Waals surface area contributed by atoms with Crippen molar-refractivity contribution >= 4 is 39.5 Å². The summed E-state index contributed by atoms with van der Waals surface area (Å²) in [7, 11) is -9.87. The molecular formula is C62H120O17P2. The molecule has 0 bridgehead atoms. The van der Waals surface area contributed by atoms with Gasteiger partial charge in [0.1, 0.15) is 19.3 Å². The largest absolute Gasteiger partial charge is 0.472 e. The van der Waals surface area contributed by atoms with Gasteiger partial charge in [-0.1, -0.05) is 259 Å². The molecular weight excluding hydrogens is 1080 g/mol. The number of ether oxygens (including phenoxy) is 4. The Morgan fingerprint density at radius 3 is 0.840 bits per heavy atom. The first-order valence-corrected chi connectivity index (χ1v) is 35.6. The third-order valence-corrected chi connectivity index (χ3v) is 16.2. The number of carbonyl (C=O) groups excluding carboxylic acids is 4. The summed E-state index contributed by atoms with van der Waals surface area (Å²) in [5.41, 5.74) is 0. The van der Waals surface area contributed by atoms with E-state index in [1.807, 2.05) is 0 Å². The molecule has 2 unspecified atom stereocenters. The summed E-state index contributed by atoms with van der Waals surface area (Å²) in [4.78, 5) is 71.9. The lowest BCUT2D eigenvalue weighted by atomic mass is 10.0. The van der Waals surface area contributed by atoms with E-state index in [9.17, 15) is 43.2 Å². The van der Waals surface area contributed by atoms with Crippen LogP contribution in [0.25, 0.3) is 0 Å². The van der Waals surface area contributed by atoms with Gasteiger partial charge in [0.15, 0.2) is 12.2 Å². The van der Waals surface area contributed by atoms with E-state index in [-0.39, 0.29) is 25.7 Å². The Morgan fingerprint density at radius 1 is 0.333 bits per heavy atom. The van der Waals surface area contributed by atoms with Gasteiger partial charge in [-0.25, -0.2) is 9.13 Å². The van der Waals surface area contributed by atoms with Crippen LogP contribution in [0.2, 0.25) is 0 Å². The summed E-state index contributed by atoms with van der Waals surface area (Å²) in [6, 6.07) is 0. The average Bonchev–Trinajstić information content (AvgIpc) is 3.43. The lowest BCUT2D eigenvalue weighted by Gasteiger charge is -2.21. The van der Waals surface area contributed by atoms with Gasteiger partial charge >= 0.3 is 39.5 Å². The van der Waals surface area contributed by atoms with E-state index >= 15 is 0 Å². The minimum absolute atomic E-state index is 0.104. The van der Waals surface area contributed by atoms with E-state index in [4.69, 9.17) is 37.0 Å². The van der Waals surface area contributed by atoms with Crippen LogP contribution in [0.4, 0.5) is 0 Å². The Labute approximate surface area is 492 Å². The van der Waals surface area contributed by atoms with E-state index in [0.717, 1.165) is 116 Å². The summed E-state index contributed by atoms with van der Waals surface area (Å²) in [5.74, 6) is -1.46. The highest BCUT2D eigenvalue weighted by Gasteiger charge is 2.30. The van der Waals surface area contributed by atoms with E-state index in [2.05, 4.69) is 34.6 Å². The molecule has 0 amide bonds. The molecule has 0 aliphatic rings. The number of hydrogen-bond donors (Lipinski definition) is 3. The van der Waals surface area contributed by atoms with Gasteiger partial charge < -0.3 is 33.8 Å². The number of aliphatic hydroxyl groups is 1. The van der Waals surface area contributed by atoms with Gasteiger partial charge in [0.25, 0.3) is 0 Å². The zero-order valence-electron chi connectivity index (χ0n) is 51.9. The first-order chi connectivity index (χ1) is 39.0. The van der Waals surface area contributed by atoms with Gasteiger partial charge in [0.05, 0.1) is 26.4 Å². The molecule has 81 heavy (non-hydrogen) atoms. The summed E-state index contributed by atoms with van der Waals surface area (Å²) in [6.07, 6.45) is 39.3. The third kappa shape index (κ3) is 56.9. The van der Waals surface area contributed by atoms with Crippen molar-refractivity contribution in [3.8, 4) is 0 Å². The zero-order valence-corrected chi connectivity index (χ0v) is 53.7. The molecule has 0 fully saturated rings. The number of unbranched alkanes of at least 4 members (excludes halogenated alkanes) is 34. The van der Waals surface area contributed by atoms with Crippen molar-refractivity contribution in [2.45, 2.75) is 329 Å². The van der Waals surface area contributed by atoms with Crippen LogP contribution in [0.3, 0.4) is 0 Å². The fraction of sp³-hybridized carbons (Fsp3) is 0.935. The lowest BCUT2D eigenvalue weighted by molar-refractivity contribution is -0.161. The predicted molar refractivity (Wildman–Crippen MR) is 322 cm³/mol. The SMILES string of the molecule is CCCCCCCCCCCCCCCCCCCC(=O)O[C@H](COC(=O)CCCCCCCCC(C)C)COP(=O)(O)OC[C@@H](O)COP(=O)(O)OC[C@@H](COC(=O)CCCCCCCCC)OC(=O)CCCCCCCCCC. The van der Waals surface area contributed by atoms with Crippen molar-refractivity contribution in [1.29, 1.82) is 0 Å². The molecule has 19 heteroatoms. The highest BCUT2D eigenvalue weighted by Crippen LogP contribution is 2.45. The quantitative estimate of drug-likeness (QED) is 0.0222. The molecule has 3 N–H and O–H groups in total. The van der Waals surface area contributed by atoms with Crippen LogP contribution >= 0.6 is 15.6 Å². The van der Waals surface area contributed by atoms with Gasteiger partial charge in [0, 0.05) is 25.7 Å². The van der Waals surface area contributed by atoms with Gasteiger partial charge in [-0.2, -0.15) is 0 Å². The van der Waals surface area contributed by atoms with Crippen molar-refractivity contribution in [1.82, 2.24) is 0 Å². The summed E-state index contributed by atoms with van der Waals surface area (Å²) >= 11 is 0. The maximum Gasteiger partial charge on any atom is 0.472 e. The minimum Gasteiger partial charge on any atom is -0.462 e. The lowest BCUT2D eigenvalue weighted by Crippen LogP contribution is -2.30. The number of aliphatic hydroxyl groups excluding tert-OH is 1. The number of phosphoric acid groups is 2. The molecule has 0 aliphatic heterocycles. The highest BCUT2D eigenvalue weighted by molar-refractivity contribution is 7.47. The smallest absolute Gasteiger partial charge is 0.462 e. The number of carbonyl (C=O) groups is 4. The fourth-order valence-corrected chi connectivity index (χ4v) is 10.8. The molecule has 5 atom stereocenters. The van der Waals surface area contributed by atoms with Crippen LogP contribution in [0.15, 0.2) is 0 Å². The Kier molecular flexibility index (Phi) is 54.6. The number of phosphoric ester groups is 2. The standard InChI is InChI=1S/C62H120O17P2/c1-6-9-12-15-18-20-21-22-23-24-25-26-27-28-31-38-43-48-62(67)79-58(52-73-60(65)46-41-36-33-32-34-39-44-55(4)5)54-77-81(70,71)75-50-56(63)49-74-80(68,69)76-53-57(51-72-59(64)45-40-35-29-17-14-11-8-3)78-61(66)47-42-37-30-19-16-13-10-7-2/h55-58,63H,6-54H2,1-5H3,(H,68,69)(H,70,71)/t56-,57+,58+/m0/s1. The van der Waals surface area contributed by atoms with Crippen molar-refractivity contribution < 1.29 is 80.2 Å². The fourth-order valence-electron chi connectivity index (χ4n) is 9.23. The predicted octanol–water partition coefficient (Wildman–Crippen LogP) is 17.0. The van der Waals surface area contributed by atoms with Crippen LogP contribution in [-0.2, 0) is 65.4 Å². The maximum absolute atomic E-state index is 12.9. The van der Waals surface area contributed by atoms with Crippen LogP contribution in [0.5, 0.6) is 0 Å². The molecule has 17 nitrogen and oxygen atoms in total. The van der Waals surface area contributed by atoms with E-state index in [0.29, 0.717) is 31.6 Å². The number of hydrogen-bond acceptors (Lipinski definition) is 15. The number of esters is 4. The Bertz CT molecular complexity index is 1580. The average molecular weight is 1200 g/mol. The molecule has 0 aromatic rings. The molecule has 0 aromatic heterocycles. The first kappa shape index (κ1) is 79.1. The van der Waals surface area contributed by atoms with Crippen LogP contribution in [0, 0.1) is 5.92 Å². The van der Waals surface area contributed by atoms with Crippen LogP contribution < -0.4 is 0 Å². The first-order valence-electron chi connectivity index (χ1n) is 32.6. The van der Waals surface area contributed by atoms with Crippen LogP contribution in [0.1, 0.15) is 311 Å². The Hall–Kier alpha value is -1.94. The summed E-state index contributed by atoms with van der Waals surface area (Å²) in [5, 5.41) is 10.5. The second-order valence-electron chi connectivity index (χ2n) is 22.9. The molecule has 0 aromatic carbocycles. The Balaban J connectivity index is 5.15. The topological polar surface area (TPSA) is 237 Å². The Morgan fingerprint density at radius 2 is 0.568 bits per heavy atom. The van der Waals surface area contributed by atoms with E-state index in [1.54, 1.807) is 0 Å². The van der Waals surface area contributed by atoms with Crippen molar-refractivity contribution in [2.75, 3.05) is 39.6 Å². The maximum atomic E-state index is 12.9. The molecule has 480 valence electrons. The summed E-state index contributed by atoms with van der Waals surface area (Å²) in [6.45, 7) is 7.03. The van der Waals surface area contributed by atoms with Crippen LogP contribution in [-0.4, -0.2) is 96.7 Å². The van der Waals surface area contributed by atoms with Gasteiger partial charge in [0.2, 0.25) is 0 Å². The van der Waals surface area contributed by atoms with Gasteiger partial charge in [-0.05, 0) is 31.6 Å². The molecule has 0 radical (unpaired) electrons. The second-order valence-corrected chi connectivity index (χ2v) is 25.8. The number of rotatable bonds is 62. The second kappa shape index (κ2) is 55.9. The van der Waals surface area contributed by atoms with E-state index in [1.165, 1.54) is 109 Å². The molecule has 0 heterocycles. The minimum atomic E-state index is -4.94. The molecule has 0 aliphatic carbocycles. The molecule has 0 rings (SSSR count).